The van der Waals surface area contributed by atoms with Gasteiger partial charge in [-0.05, 0) is 0 Å². The van der Waals surface area contributed by atoms with Crippen molar-refractivity contribution in [1.82, 2.24) is 0 Å². The topological polar surface area (TPSA) is 0 Å². The second-order valence-electron chi connectivity index (χ2n) is 15.2. The Labute approximate surface area is 306 Å². The van der Waals surface area contributed by atoms with Crippen LogP contribution in [-0.2, 0) is 15.6 Å². The van der Waals surface area contributed by atoms with Crippen molar-refractivity contribution in [3.8, 4) is 22.3 Å². The first-order valence-electron chi connectivity index (χ1n) is 18.3. The van der Waals surface area contributed by atoms with E-state index in [1.165, 1.54) is 82.8 Å². The summed E-state index contributed by atoms with van der Waals surface area (Å²) in [6, 6.07) is 42.5. The molecule has 6 aromatic rings. The molecule has 0 nitrogen and oxygen atoms in total. The van der Waals surface area contributed by atoms with Crippen LogP contribution < -0.4 is 0 Å². The SMILES string of the molecule is CCC1=Cc2c(-c3cccc4ccccc34)ccc(C)c2[CH]1[Zr]([Cl])([Cl])([CH]1C(C(C)C)=Cc2c(-c3cccc4ccccc34)cccc21)[SiH](C)C. The fraction of sp³-hybridized carbons (Fsp3) is 0.217. The molecule has 2 aliphatic carbocycles. The van der Waals surface area contributed by atoms with Gasteiger partial charge in [-0.2, -0.15) is 0 Å². The van der Waals surface area contributed by atoms with Crippen LogP contribution in [0.2, 0.25) is 13.1 Å². The first kappa shape index (κ1) is 34.1. The van der Waals surface area contributed by atoms with E-state index < -0.39 is 21.5 Å². The number of hydrogen-bond donors (Lipinski definition) is 0. The third-order valence-corrected chi connectivity index (χ3v) is 63.7. The van der Waals surface area contributed by atoms with E-state index in [2.05, 4.69) is 168 Å². The molecule has 0 saturated heterocycles. The van der Waals surface area contributed by atoms with Gasteiger partial charge in [0.2, 0.25) is 0 Å². The van der Waals surface area contributed by atoms with Crippen molar-refractivity contribution >= 4 is 56.6 Å². The Morgan fingerprint density at radius 2 is 1.16 bits per heavy atom. The maximum atomic E-state index is 8.82. The van der Waals surface area contributed by atoms with Crippen LogP contribution in [0, 0.1) is 12.8 Å². The first-order valence-corrected chi connectivity index (χ1v) is 34.6. The Morgan fingerprint density at radius 3 is 1.74 bits per heavy atom. The molecule has 4 heteroatoms. The van der Waals surface area contributed by atoms with Gasteiger partial charge in [-0.3, -0.25) is 0 Å². The van der Waals surface area contributed by atoms with Crippen molar-refractivity contribution in [3.05, 3.63) is 154 Å². The third-order valence-electron chi connectivity index (χ3n) is 12.0. The van der Waals surface area contributed by atoms with E-state index in [4.69, 9.17) is 17.0 Å². The zero-order chi connectivity index (χ0) is 35.0. The molecule has 0 aromatic heterocycles. The summed E-state index contributed by atoms with van der Waals surface area (Å²) in [4.78, 5) is 0. The van der Waals surface area contributed by atoms with E-state index in [1.807, 2.05) is 0 Å². The Kier molecular flexibility index (Phi) is 8.59. The van der Waals surface area contributed by atoms with Crippen LogP contribution in [-0.4, -0.2) is 5.92 Å². The maximum absolute atomic E-state index is 8.82. The minimum absolute atomic E-state index is 0.0582. The molecule has 2 unspecified atom stereocenters. The number of halogens is 2. The van der Waals surface area contributed by atoms with Gasteiger partial charge < -0.3 is 0 Å². The van der Waals surface area contributed by atoms with Gasteiger partial charge >= 0.3 is 309 Å². The van der Waals surface area contributed by atoms with E-state index in [9.17, 15) is 0 Å². The molecule has 0 radical (unpaired) electrons. The van der Waals surface area contributed by atoms with E-state index in [0.717, 1.165) is 6.42 Å². The van der Waals surface area contributed by atoms with Gasteiger partial charge in [0, 0.05) is 0 Å². The van der Waals surface area contributed by atoms with Crippen molar-refractivity contribution in [3.63, 3.8) is 0 Å². The average molecular weight is 788 g/mol. The van der Waals surface area contributed by atoms with E-state index in [1.54, 1.807) is 0 Å². The van der Waals surface area contributed by atoms with Crippen LogP contribution in [0.4, 0.5) is 0 Å². The normalized spacial score (nSPS) is 17.9. The molecule has 6 aromatic carbocycles. The summed E-state index contributed by atoms with van der Waals surface area (Å²) in [5.74, 6) is -1.37. The summed E-state index contributed by atoms with van der Waals surface area (Å²) in [5.41, 5.74) is 14.7. The van der Waals surface area contributed by atoms with Gasteiger partial charge in [0.1, 0.15) is 0 Å². The minimum atomic E-state index is -4.95. The van der Waals surface area contributed by atoms with Gasteiger partial charge in [0.25, 0.3) is 0 Å². The molecule has 2 aliphatic rings. The molecule has 0 spiro atoms. The molecule has 50 heavy (non-hydrogen) atoms. The Morgan fingerprint density at radius 1 is 0.620 bits per heavy atom. The molecule has 0 amide bonds. The fourth-order valence-corrected chi connectivity index (χ4v) is 41.1. The summed E-state index contributed by atoms with van der Waals surface area (Å²) >= 11 is -4.95. The standard InChI is InChI=1S/2C22H19.C2H7Si.2ClH.Zr/c1-15(2)18-13-17-9-6-12-21(22(17)14-18)20-11-5-8-16-7-3-4-10-19(16)20;1-3-16-13-21-15(2)11-12-20(22(21)14-16)19-10-6-8-17-7-4-5-9-18(17)19;1-3-2;;;/h3-15H,1-2H3;4-14H,3H2,1-2H3;3H,1-2H3;2*1H;/q;;;;;+2/p-2. The molecule has 0 aliphatic heterocycles. The van der Waals surface area contributed by atoms with E-state index in [-0.39, 0.29) is 7.25 Å². The van der Waals surface area contributed by atoms with Crippen LogP contribution >= 0.6 is 17.0 Å². The zero-order valence-corrected chi connectivity index (χ0v) is 35.0. The van der Waals surface area contributed by atoms with Crippen LogP contribution in [0.15, 0.2) is 126 Å². The van der Waals surface area contributed by atoms with Crippen molar-refractivity contribution in [2.24, 2.45) is 5.92 Å². The number of fused-ring (bicyclic) bond motifs is 4. The number of allylic oxidation sites excluding steroid dienone is 2. The summed E-state index contributed by atoms with van der Waals surface area (Å²) in [5, 5.41) is 5.09. The van der Waals surface area contributed by atoms with Crippen LogP contribution in [0.25, 0.3) is 56.0 Å². The van der Waals surface area contributed by atoms with Crippen molar-refractivity contribution in [1.29, 1.82) is 0 Å². The monoisotopic (exact) mass is 785 g/mol. The molecule has 251 valence electrons. The van der Waals surface area contributed by atoms with Gasteiger partial charge in [-0.25, -0.2) is 0 Å². The quantitative estimate of drug-likeness (QED) is 0.141. The van der Waals surface area contributed by atoms with Crippen molar-refractivity contribution < 1.29 is 15.6 Å². The van der Waals surface area contributed by atoms with Crippen LogP contribution in [0.5, 0.6) is 0 Å². The fourth-order valence-electron chi connectivity index (χ4n) is 9.44. The first-order chi connectivity index (χ1) is 24.0. The molecular weight excluding hydrogens is 743 g/mol. The summed E-state index contributed by atoms with van der Waals surface area (Å²) in [6.45, 7) is 14.2. The second kappa shape index (κ2) is 12.6. The molecule has 2 atom stereocenters. The predicted molar refractivity (Wildman–Crippen MR) is 221 cm³/mol. The number of rotatable bonds is 7. The predicted octanol–water partition coefficient (Wildman–Crippen LogP) is 14.3. The average Bonchev–Trinajstić information content (AvgIpc) is 3.73. The molecule has 0 heterocycles. The third kappa shape index (κ3) is 5.00. The van der Waals surface area contributed by atoms with E-state index >= 15 is 0 Å². The Bertz CT molecular complexity index is 2390. The second-order valence-corrected chi connectivity index (χ2v) is 57.7. The molecule has 0 saturated carbocycles. The zero-order valence-electron chi connectivity index (χ0n) is 29.9. The molecule has 0 N–H and O–H groups in total. The Balaban J connectivity index is 1.38. The van der Waals surface area contributed by atoms with Gasteiger partial charge in [0.15, 0.2) is 0 Å². The van der Waals surface area contributed by atoms with Crippen molar-refractivity contribution in [2.45, 2.75) is 54.5 Å². The summed E-state index contributed by atoms with van der Waals surface area (Å²) < 4.78 is 0.128. The van der Waals surface area contributed by atoms with Gasteiger partial charge in [-0.1, -0.05) is 0 Å². The molecule has 8 rings (SSSR count). The summed E-state index contributed by atoms with van der Waals surface area (Å²) in [6.07, 6.45) is 5.94. The van der Waals surface area contributed by atoms with Gasteiger partial charge in [0.05, 0.1) is 0 Å². The Hall–Kier alpha value is -3.00. The molecule has 0 bridgehead atoms. The number of hydrogen-bond acceptors (Lipinski definition) is 0. The van der Waals surface area contributed by atoms with Gasteiger partial charge in [-0.15, -0.1) is 0 Å². The van der Waals surface area contributed by atoms with Crippen LogP contribution in [0.1, 0.15) is 62.3 Å². The number of benzene rings is 6. The number of aryl methyl sites for hydroxylation is 1. The van der Waals surface area contributed by atoms with Crippen molar-refractivity contribution in [2.75, 3.05) is 0 Å². The van der Waals surface area contributed by atoms with Crippen LogP contribution in [0.3, 0.4) is 0 Å². The van der Waals surface area contributed by atoms with E-state index in [0.29, 0.717) is 5.92 Å². The summed E-state index contributed by atoms with van der Waals surface area (Å²) in [7, 11) is 17.6. The molecular formula is C46H45Cl2SiZr. The molecule has 0 fully saturated rings.